The van der Waals surface area contributed by atoms with Crippen molar-refractivity contribution in [1.29, 1.82) is 0 Å². The molecule has 1 aliphatic rings. The van der Waals surface area contributed by atoms with E-state index in [-0.39, 0.29) is 42.4 Å². The highest BCUT2D eigenvalue weighted by molar-refractivity contribution is 5.99. The van der Waals surface area contributed by atoms with Gasteiger partial charge in [0.15, 0.2) is 11.5 Å². The smallest absolute Gasteiger partial charge is 0.286 e. The molecule has 0 aliphatic carbocycles. The topological polar surface area (TPSA) is 103 Å². The number of rotatable bonds is 8. The van der Waals surface area contributed by atoms with Gasteiger partial charge in [0, 0.05) is 25.7 Å². The molecule has 0 saturated carbocycles. The Hall–Kier alpha value is -3.40. The number of benzene rings is 2. The zero-order chi connectivity index (χ0) is 24.1. The molecule has 1 aliphatic heterocycles. The van der Waals surface area contributed by atoms with Crippen LogP contribution in [-0.2, 0) is 11.3 Å². The van der Waals surface area contributed by atoms with Crippen LogP contribution in [0, 0.1) is 15.9 Å². The molecule has 3 rings (SSSR count). The standard InChI is InChI=1S/C23H28FN3O6/c1-5-32-22-10-20(27(29)30)17(9-21(22)31-4)23(28)25-11-16-6-7-19(18(24)8-16)26-12-14(2)33-15(3)13-26/h6-10,14-15H,5,11-13H2,1-4H3,(H,25,28). The van der Waals surface area contributed by atoms with Crippen LogP contribution >= 0.6 is 0 Å². The van der Waals surface area contributed by atoms with E-state index in [2.05, 4.69) is 5.32 Å². The van der Waals surface area contributed by atoms with Crippen molar-refractivity contribution in [1.82, 2.24) is 5.32 Å². The molecule has 0 spiro atoms. The number of amides is 1. The molecule has 1 heterocycles. The SMILES string of the molecule is CCOc1cc([N+](=O)[O-])c(C(=O)NCc2ccc(N3CC(C)OC(C)C3)c(F)c2)cc1OC. The normalized spacial score (nSPS) is 18.0. The summed E-state index contributed by atoms with van der Waals surface area (Å²) in [5.41, 5.74) is 0.418. The monoisotopic (exact) mass is 461 g/mol. The second-order valence-corrected chi connectivity index (χ2v) is 7.84. The van der Waals surface area contributed by atoms with Crippen molar-refractivity contribution in [3.8, 4) is 11.5 Å². The minimum Gasteiger partial charge on any atom is -0.493 e. The lowest BCUT2D eigenvalue weighted by molar-refractivity contribution is -0.385. The lowest BCUT2D eigenvalue weighted by Crippen LogP contribution is -2.45. The highest BCUT2D eigenvalue weighted by Crippen LogP contribution is 2.35. The molecule has 9 nitrogen and oxygen atoms in total. The van der Waals surface area contributed by atoms with Crippen LogP contribution in [0.3, 0.4) is 0 Å². The van der Waals surface area contributed by atoms with Gasteiger partial charge in [0.25, 0.3) is 11.6 Å². The molecular formula is C23H28FN3O6. The van der Waals surface area contributed by atoms with E-state index in [0.29, 0.717) is 24.3 Å². The number of morpholine rings is 1. The number of ether oxygens (including phenoxy) is 3. The Kier molecular flexibility index (Phi) is 7.70. The highest BCUT2D eigenvalue weighted by atomic mass is 19.1. The quantitative estimate of drug-likeness (QED) is 0.472. The Labute approximate surface area is 191 Å². The molecule has 1 amide bonds. The molecule has 33 heavy (non-hydrogen) atoms. The summed E-state index contributed by atoms with van der Waals surface area (Å²) in [5, 5.41) is 14.1. The van der Waals surface area contributed by atoms with Crippen LogP contribution in [-0.4, -0.2) is 49.8 Å². The van der Waals surface area contributed by atoms with Crippen molar-refractivity contribution in [3.05, 3.63) is 57.4 Å². The number of carbonyl (C=O) groups excluding carboxylic acids is 1. The fourth-order valence-corrected chi connectivity index (χ4v) is 3.88. The van der Waals surface area contributed by atoms with E-state index < -0.39 is 22.3 Å². The van der Waals surface area contributed by atoms with Crippen molar-refractivity contribution >= 4 is 17.3 Å². The molecule has 0 radical (unpaired) electrons. The second kappa shape index (κ2) is 10.5. The third kappa shape index (κ3) is 5.70. The molecule has 0 bridgehead atoms. The number of hydrogen-bond donors (Lipinski definition) is 1. The van der Waals surface area contributed by atoms with Gasteiger partial charge < -0.3 is 24.4 Å². The molecule has 10 heteroatoms. The van der Waals surface area contributed by atoms with E-state index in [1.54, 1.807) is 19.1 Å². The van der Waals surface area contributed by atoms with Gasteiger partial charge in [-0.05, 0) is 38.5 Å². The third-order valence-corrected chi connectivity index (χ3v) is 5.25. The summed E-state index contributed by atoms with van der Waals surface area (Å²) in [6, 6.07) is 7.17. The van der Waals surface area contributed by atoms with Crippen molar-refractivity contribution in [2.45, 2.75) is 39.5 Å². The zero-order valence-corrected chi connectivity index (χ0v) is 19.1. The predicted molar refractivity (Wildman–Crippen MR) is 121 cm³/mol. The first-order valence-electron chi connectivity index (χ1n) is 10.7. The summed E-state index contributed by atoms with van der Waals surface area (Å²) in [6.45, 7) is 7.07. The molecule has 2 aromatic rings. The lowest BCUT2D eigenvalue weighted by atomic mass is 10.1. The van der Waals surface area contributed by atoms with Crippen LogP contribution in [0.25, 0.3) is 0 Å². The fraction of sp³-hybridized carbons (Fsp3) is 0.435. The molecule has 2 atom stereocenters. The molecule has 1 N–H and O–H groups in total. The Morgan fingerprint density at radius 2 is 1.94 bits per heavy atom. The number of nitro benzene ring substituents is 1. The van der Waals surface area contributed by atoms with Gasteiger partial charge in [0.2, 0.25) is 0 Å². The van der Waals surface area contributed by atoms with Crippen LogP contribution in [0.5, 0.6) is 11.5 Å². The van der Waals surface area contributed by atoms with Gasteiger partial charge in [-0.1, -0.05) is 6.07 Å². The van der Waals surface area contributed by atoms with Gasteiger partial charge in [-0.25, -0.2) is 4.39 Å². The van der Waals surface area contributed by atoms with E-state index in [9.17, 15) is 19.3 Å². The number of nitrogens with zero attached hydrogens (tertiary/aromatic N) is 2. The molecule has 1 fully saturated rings. The zero-order valence-electron chi connectivity index (χ0n) is 19.1. The number of nitrogens with one attached hydrogen (secondary N) is 1. The largest absolute Gasteiger partial charge is 0.493 e. The molecule has 178 valence electrons. The van der Waals surface area contributed by atoms with Crippen molar-refractivity contribution in [2.75, 3.05) is 31.7 Å². The number of nitro groups is 1. The molecule has 2 aromatic carbocycles. The summed E-state index contributed by atoms with van der Waals surface area (Å²) < 4.78 is 31.1. The number of methoxy groups -OCH3 is 1. The van der Waals surface area contributed by atoms with Gasteiger partial charge in [0.05, 0.1) is 42.6 Å². The minimum atomic E-state index is -0.677. The Morgan fingerprint density at radius 3 is 2.52 bits per heavy atom. The highest BCUT2D eigenvalue weighted by Gasteiger charge is 2.26. The maximum absolute atomic E-state index is 14.8. The van der Waals surface area contributed by atoms with Crippen molar-refractivity contribution < 1.29 is 28.3 Å². The summed E-state index contributed by atoms with van der Waals surface area (Å²) in [6.07, 6.45) is -0.0111. The minimum absolute atomic E-state index is 0.00136. The van der Waals surface area contributed by atoms with Gasteiger partial charge in [-0.3, -0.25) is 14.9 Å². The van der Waals surface area contributed by atoms with Crippen LogP contribution in [0.1, 0.15) is 36.7 Å². The number of anilines is 1. The van der Waals surface area contributed by atoms with E-state index in [4.69, 9.17) is 14.2 Å². The van der Waals surface area contributed by atoms with Crippen LogP contribution in [0.4, 0.5) is 15.8 Å². The fourth-order valence-electron chi connectivity index (χ4n) is 3.88. The van der Waals surface area contributed by atoms with Gasteiger partial charge in [-0.2, -0.15) is 0 Å². The Balaban J connectivity index is 1.75. The Bertz CT molecular complexity index is 1020. The second-order valence-electron chi connectivity index (χ2n) is 7.84. The summed E-state index contributed by atoms with van der Waals surface area (Å²) in [7, 11) is 1.38. The lowest BCUT2D eigenvalue weighted by Gasteiger charge is -2.37. The maximum atomic E-state index is 14.8. The number of hydrogen-bond acceptors (Lipinski definition) is 7. The number of carbonyl (C=O) groups is 1. The average Bonchev–Trinajstić information content (AvgIpc) is 2.76. The average molecular weight is 461 g/mol. The van der Waals surface area contributed by atoms with Crippen LogP contribution in [0.15, 0.2) is 30.3 Å². The molecule has 1 saturated heterocycles. The maximum Gasteiger partial charge on any atom is 0.286 e. The summed E-state index contributed by atoms with van der Waals surface area (Å²) >= 11 is 0. The Morgan fingerprint density at radius 1 is 1.24 bits per heavy atom. The molecular weight excluding hydrogens is 433 g/mol. The number of halogens is 1. The van der Waals surface area contributed by atoms with E-state index in [1.807, 2.05) is 18.7 Å². The first kappa shape index (κ1) is 24.2. The molecule has 2 unspecified atom stereocenters. The van der Waals surface area contributed by atoms with E-state index in [0.717, 1.165) is 6.07 Å². The summed E-state index contributed by atoms with van der Waals surface area (Å²) in [5.74, 6) is -0.704. The third-order valence-electron chi connectivity index (χ3n) is 5.25. The van der Waals surface area contributed by atoms with E-state index >= 15 is 0 Å². The molecule has 0 aromatic heterocycles. The van der Waals surface area contributed by atoms with Gasteiger partial charge in [0.1, 0.15) is 11.4 Å². The van der Waals surface area contributed by atoms with Crippen molar-refractivity contribution in [2.24, 2.45) is 0 Å². The van der Waals surface area contributed by atoms with Gasteiger partial charge in [-0.15, -0.1) is 0 Å². The first-order chi connectivity index (χ1) is 15.7. The summed E-state index contributed by atoms with van der Waals surface area (Å²) in [4.78, 5) is 25.5. The van der Waals surface area contributed by atoms with Crippen molar-refractivity contribution in [3.63, 3.8) is 0 Å². The van der Waals surface area contributed by atoms with Crippen LogP contribution < -0.4 is 19.7 Å². The van der Waals surface area contributed by atoms with Crippen LogP contribution in [0.2, 0.25) is 0 Å². The predicted octanol–water partition coefficient (Wildman–Crippen LogP) is 3.68. The van der Waals surface area contributed by atoms with Gasteiger partial charge >= 0.3 is 0 Å². The van der Waals surface area contributed by atoms with E-state index in [1.165, 1.54) is 19.2 Å². The first-order valence-corrected chi connectivity index (χ1v) is 10.7.